The summed E-state index contributed by atoms with van der Waals surface area (Å²) in [6, 6.07) is 8.37. The number of nitrogens with zero attached hydrogens (tertiary/aromatic N) is 2. The molecule has 2 fully saturated rings. The molecule has 3 nitrogen and oxygen atoms in total. The smallest absolute Gasteiger partial charge is 0.222 e. The summed E-state index contributed by atoms with van der Waals surface area (Å²) in [5.74, 6) is 1.28. The number of rotatable bonds is 5. The van der Waals surface area contributed by atoms with Gasteiger partial charge in [0.1, 0.15) is 0 Å². The van der Waals surface area contributed by atoms with Gasteiger partial charge in [-0.3, -0.25) is 9.69 Å². The van der Waals surface area contributed by atoms with E-state index in [0.29, 0.717) is 12.3 Å². The normalized spacial score (nSPS) is 19.8. The van der Waals surface area contributed by atoms with Gasteiger partial charge in [-0.2, -0.15) is 0 Å². The Balaban J connectivity index is 1.42. The summed E-state index contributed by atoms with van der Waals surface area (Å²) in [5, 5.41) is 0. The summed E-state index contributed by atoms with van der Waals surface area (Å²) >= 11 is 0. The fraction of sp³-hybridized carbons (Fsp3) is 0.611. The molecule has 0 spiro atoms. The highest BCUT2D eigenvalue weighted by Crippen LogP contribution is 2.29. The molecule has 1 aliphatic heterocycles. The van der Waals surface area contributed by atoms with Crippen LogP contribution in [0.2, 0.25) is 0 Å². The molecule has 21 heavy (non-hydrogen) atoms. The third-order valence-electron chi connectivity index (χ3n) is 4.81. The van der Waals surface area contributed by atoms with Crippen LogP contribution < -0.4 is 0 Å². The molecular formula is C18H26N2O. The zero-order valence-electron chi connectivity index (χ0n) is 13.1. The third kappa shape index (κ3) is 4.07. The molecule has 1 saturated heterocycles. The van der Waals surface area contributed by atoms with Crippen LogP contribution in [0.5, 0.6) is 0 Å². The summed E-state index contributed by atoms with van der Waals surface area (Å²) in [6.07, 6.45) is 4.34. The molecule has 0 aromatic heterocycles. The van der Waals surface area contributed by atoms with Crippen molar-refractivity contribution in [2.24, 2.45) is 5.92 Å². The van der Waals surface area contributed by atoms with E-state index in [0.717, 1.165) is 38.5 Å². The van der Waals surface area contributed by atoms with Crippen LogP contribution in [-0.4, -0.2) is 48.4 Å². The van der Waals surface area contributed by atoms with Gasteiger partial charge in [-0.15, -0.1) is 0 Å². The molecule has 3 heteroatoms. The molecule has 0 atom stereocenters. The fourth-order valence-corrected chi connectivity index (χ4v) is 3.14. The largest absolute Gasteiger partial charge is 0.340 e. The number of piperazine rings is 1. The molecule has 1 amide bonds. The Labute approximate surface area is 127 Å². The minimum absolute atomic E-state index is 0.323. The lowest BCUT2D eigenvalue weighted by molar-refractivity contribution is -0.132. The van der Waals surface area contributed by atoms with E-state index in [1.807, 2.05) is 0 Å². The molecule has 3 rings (SSSR count). The van der Waals surface area contributed by atoms with Crippen molar-refractivity contribution in [3.8, 4) is 0 Å². The molecule has 0 radical (unpaired) electrons. The molecule has 0 N–H and O–H groups in total. The molecule has 2 aliphatic rings. The number of aryl methyl sites for hydroxylation is 2. The second kappa shape index (κ2) is 6.61. The minimum Gasteiger partial charge on any atom is -0.340 e. The van der Waals surface area contributed by atoms with Gasteiger partial charge >= 0.3 is 0 Å². The van der Waals surface area contributed by atoms with Gasteiger partial charge in [0.05, 0.1) is 0 Å². The predicted octanol–water partition coefficient (Wildman–Crippen LogP) is 2.48. The number of carbonyl (C=O) groups is 1. The van der Waals surface area contributed by atoms with Gasteiger partial charge in [0.25, 0.3) is 0 Å². The Morgan fingerprint density at radius 1 is 1.14 bits per heavy atom. The highest BCUT2D eigenvalue weighted by Gasteiger charge is 2.27. The van der Waals surface area contributed by atoms with Crippen molar-refractivity contribution in [1.29, 1.82) is 0 Å². The molecule has 1 saturated carbocycles. The van der Waals surface area contributed by atoms with Crippen molar-refractivity contribution in [3.63, 3.8) is 0 Å². The van der Waals surface area contributed by atoms with Gasteiger partial charge < -0.3 is 4.90 Å². The average Bonchev–Trinajstić information content (AvgIpc) is 3.31. The highest BCUT2D eigenvalue weighted by atomic mass is 16.2. The lowest BCUT2D eigenvalue weighted by Crippen LogP contribution is -2.49. The first-order valence-electron chi connectivity index (χ1n) is 8.27. The van der Waals surface area contributed by atoms with Crippen molar-refractivity contribution in [3.05, 3.63) is 35.4 Å². The van der Waals surface area contributed by atoms with E-state index >= 15 is 0 Å². The summed E-state index contributed by atoms with van der Waals surface area (Å²) in [7, 11) is 0. The van der Waals surface area contributed by atoms with Crippen LogP contribution in [0, 0.1) is 12.8 Å². The van der Waals surface area contributed by atoms with Crippen molar-refractivity contribution >= 4 is 5.91 Å². The van der Waals surface area contributed by atoms with E-state index in [9.17, 15) is 4.79 Å². The highest BCUT2D eigenvalue weighted by molar-refractivity contribution is 5.76. The summed E-state index contributed by atoms with van der Waals surface area (Å²) in [6.45, 7) is 7.33. The van der Waals surface area contributed by atoms with Gasteiger partial charge in [0.15, 0.2) is 0 Å². The van der Waals surface area contributed by atoms with Crippen molar-refractivity contribution < 1.29 is 4.79 Å². The van der Waals surface area contributed by atoms with Gasteiger partial charge in [0.2, 0.25) is 5.91 Å². The first-order chi connectivity index (χ1) is 10.2. The fourth-order valence-electron chi connectivity index (χ4n) is 3.14. The quantitative estimate of drug-likeness (QED) is 0.830. The Hall–Kier alpha value is -1.35. The van der Waals surface area contributed by atoms with Gasteiger partial charge in [-0.05, 0) is 43.2 Å². The zero-order chi connectivity index (χ0) is 14.7. The van der Waals surface area contributed by atoms with Crippen LogP contribution in [0.3, 0.4) is 0 Å². The third-order valence-corrected chi connectivity index (χ3v) is 4.81. The molecular weight excluding hydrogens is 260 g/mol. The first-order valence-corrected chi connectivity index (χ1v) is 8.27. The van der Waals surface area contributed by atoms with Crippen molar-refractivity contribution in [2.75, 3.05) is 32.7 Å². The Morgan fingerprint density at radius 3 is 2.52 bits per heavy atom. The van der Waals surface area contributed by atoms with Gasteiger partial charge in [-0.25, -0.2) is 0 Å². The van der Waals surface area contributed by atoms with Crippen LogP contribution in [0.15, 0.2) is 24.3 Å². The summed E-state index contributed by atoms with van der Waals surface area (Å²) in [4.78, 5) is 16.9. The summed E-state index contributed by atoms with van der Waals surface area (Å²) < 4.78 is 0. The minimum atomic E-state index is 0.323. The first kappa shape index (κ1) is 14.6. The number of benzene rings is 1. The average molecular weight is 286 g/mol. The maximum atomic E-state index is 12.3. The number of hydrogen-bond acceptors (Lipinski definition) is 2. The predicted molar refractivity (Wildman–Crippen MR) is 85.2 cm³/mol. The lowest BCUT2D eigenvalue weighted by Gasteiger charge is -2.34. The standard InChI is InChI=1S/C18H26N2O/c1-15-4-2-3-5-17(15)8-9-18(21)20-12-10-19(11-13-20)14-16-6-7-16/h2-5,16H,6-14H2,1H3. The van der Waals surface area contributed by atoms with Crippen LogP contribution in [-0.2, 0) is 11.2 Å². The molecule has 0 bridgehead atoms. The van der Waals surface area contributed by atoms with E-state index in [4.69, 9.17) is 0 Å². The molecule has 1 aromatic carbocycles. The van der Waals surface area contributed by atoms with E-state index in [-0.39, 0.29) is 0 Å². The maximum Gasteiger partial charge on any atom is 0.222 e. The second-order valence-corrected chi connectivity index (χ2v) is 6.55. The van der Waals surface area contributed by atoms with Gasteiger partial charge in [0, 0.05) is 39.1 Å². The zero-order valence-corrected chi connectivity index (χ0v) is 13.1. The molecule has 1 aromatic rings. The van der Waals surface area contributed by atoms with E-state index in [1.54, 1.807) is 0 Å². The molecule has 1 aliphatic carbocycles. The van der Waals surface area contributed by atoms with Gasteiger partial charge in [-0.1, -0.05) is 24.3 Å². The van der Waals surface area contributed by atoms with Crippen LogP contribution in [0.4, 0.5) is 0 Å². The number of amides is 1. The van der Waals surface area contributed by atoms with E-state index in [2.05, 4.69) is 41.0 Å². The SMILES string of the molecule is Cc1ccccc1CCC(=O)N1CCN(CC2CC2)CC1. The molecule has 0 unspecified atom stereocenters. The Kier molecular flexibility index (Phi) is 4.59. The number of hydrogen-bond donors (Lipinski definition) is 0. The molecule has 1 heterocycles. The summed E-state index contributed by atoms with van der Waals surface area (Å²) in [5.41, 5.74) is 2.60. The monoisotopic (exact) mass is 286 g/mol. The Morgan fingerprint density at radius 2 is 1.86 bits per heavy atom. The maximum absolute atomic E-state index is 12.3. The van der Waals surface area contributed by atoms with Crippen molar-refractivity contribution in [1.82, 2.24) is 9.80 Å². The lowest BCUT2D eigenvalue weighted by atomic mass is 10.0. The Bertz CT molecular complexity index is 488. The topological polar surface area (TPSA) is 23.6 Å². The van der Waals surface area contributed by atoms with E-state index in [1.165, 1.54) is 30.5 Å². The van der Waals surface area contributed by atoms with Crippen LogP contribution in [0.25, 0.3) is 0 Å². The number of carbonyl (C=O) groups excluding carboxylic acids is 1. The van der Waals surface area contributed by atoms with E-state index < -0.39 is 0 Å². The van der Waals surface area contributed by atoms with Crippen LogP contribution >= 0.6 is 0 Å². The van der Waals surface area contributed by atoms with Crippen LogP contribution in [0.1, 0.15) is 30.4 Å². The van der Waals surface area contributed by atoms with Crippen molar-refractivity contribution in [2.45, 2.75) is 32.6 Å². The second-order valence-electron chi connectivity index (χ2n) is 6.55. The molecule has 114 valence electrons.